The van der Waals surface area contributed by atoms with E-state index in [-0.39, 0.29) is 11.9 Å². The molecule has 0 saturated carbocycles. The van der Waals surface area contributed by atoms with Crippen molar-refractivity contribution in [1.29, 1.82) is 0 Å². The molecule has 5 heteroatoms. The zero-order valence-corrected chi connectivity index (χ0v) is 15.2. The van der Waals surface area contributed by atoms with Gasteiger partial charge in [-0.2, -0.15) is 0 Å². The molecule has 0 aliphatic heterocycles. The van der Waals surface area contributed by atoms with E-state index in [2.05, 4.69) is 45.4 Å². The van der Waals surface area contributed by atoms with Crippen LogP contribution in [0.15, 0.2) is 72.2 Å². The second kappa shape index (κ2) is 7.14. The SMILES string of the molecule is CC(c1ccccc1)n1c(C(=O)NCc2ccccn2)cc2ccsc21. The molecule has 1 aromatic carbocycles. The van der Waals surface area contributed by atoms with Crippen LogP contribution in [0, 0.1) is 0 Å². The molecule has 4 rings (SSSR count). The predicted octanol–water partition coefficient (Wildman–Crippen LogP) is 4.64. The van der Waals surface area contributed by atoms with Crippen molar-refractivity contribution in [2.45, 2.75) is 19.5 Å². The Labute approximate surface area is 156 Å². The van der Waals surface area contributed by atoms with Gasteiger partial charge in [-0.15, -0.1) is 11.3 Å². The molecule has 0 aliphatic rings. The highest BCUT2D eigenvalue weighted by Crippen LogP contribution is 2.31. The highest BCUT2D eigenvalue weighted by Gasteiger charge is 2.21. The van der Waals surface area contributed by atoms with Crippen LogP contribution in [-0.2, 0) is 6.54 Å². The minimum Gasteiger partial charge on any atom is -0.345 e. The van der Waals surface area contributed by atoms with E-state index in [1.54, 1.807) is 17.5 Å². The van der Waals surface area contributed by atoms with Crippen LogP contribution in [0.2, 0.25) is 0 Å². The van der Waals surface area contributed by atoms with Crippen LogP contribution < -0.4 is 5.32 Å². The smallest absolute Gasteiger partial charge is 0.268 e. The molecule has 26 heavy (non-hydrogen) atoms. The molecular weight excluding hydrogens is 342 g/mol. The summed E-state index contributed by atoms with van der Waals surface area (Å²) in [6.45, 7) is 2.54. The van der Waals surface area contributed by atoms with Crippen molar-refractivity contribution in [1.82, 2.24) is 14.9 Å². The van der Waals surface area contributed by atoms with Gasteiger partial charge in [0.2, 0.25) is 0 Å². The van der Waals surface area contributed by atoms with Gasteiger partial charge in [0.25, 0.3) is 5.91 Å². The summed E-state index contributed by atoms with van der Waals surface area (Å²) >= 11 is 1.66. The van der Waals surface area contributed by atoms with E-state index in [0.717, 1.165) is 15.9 Å². The molecule has 3 heterocycles. The number of hydrogen-bond acceptors (Lipinski definition) is 3. The Morgan fingerprint density at radius 1 is 1.15 bits per heavy atom. The number of fused-ring (bicyclic) bond motifs is 1. The molecular formula is C21H19N3OS. The van der Waals surface area contributed by atoms with Crippen LogP contribution in [0.25, 0.3) is 10.2 Å². The lowest BCUT2D eigenvalue weighted by molar-refractivity contribution is 0.0940. The van der Waals surface area contributed by atoms with Gasteiger partial charge in [0.15, 0.2) is 0 Å². The van der Waals surface area contributed by atoms with Crippen molar-refractivity contribution >= 4 is 27.5 Å². The zero-order valence-electron chi connectivity index (χ0n) is 14.4. The minimum absolute atomic E-state index is 0.0722. The second-order valence-electron chi connectivity index (χ2n) is 6.17. The van der Waals surface area contributed by atoms with E-state index >= 15 is 0 Å². The summed E-state index contributed by atoms with van der Waals surface area (Å²) in [7, 11) is 0. The number of rotatable bonds is 5. The molecule has 1 N–H and O–H groups in total. The van der Waals surface area contributed by atoms with Gasteiger partial charge in [0.1, 0.15) is 10.5 Å². The monoisotopic (exact) mass is 361 g/mol. The fourth-order valence-corrected chi connectivity index (χ4v) is 4.12. The Bertz CT molecular complexity index is 1020. The van der Waals surface area contributed by atoms with Crippen LogP contribution in [0.4, 0.5) is 0 Å². The van der Waals surface area contributed by atoms with Gasteiger partial charge in [-0.25, -0.2) is 0 Å². The quantitative estimate of drug-likeness (QED) is 0.563. The molecule has 0 saturated heterocycles. The fraction of sp³-hybridized carbons (Fsp3) is 0.143. The van der Waals surface area contributed by atoms with Crippen LogP contribution in [0.1, 0.15) is 34.7 Å². The van der Waals surface area contributed by atoms with Gasteiger partial charge in [0, 0.05) is 11.6 Å². The normalized spacial score (nSPS) is 12.2. The molecule has 1 atom stereocenters. The maximum Gasteiger partial charge on any atom is 0.268 e. The van der Waals surface area contributed by atoms with Gasteiger partial charge in [-0.1, -0.05) is 36.4 Å². The fourth-order valence-electron chi connectivity index (χ4n) is 3.15. The summed E-state index contributed by atoms with van der Waals surface area (Å²) in [5.41, 5.74) is 2.70. The molecule has 1 unspecified atom stereocenters. The van der Waals surface area contributed by atoms with Gasteiger partial charge in [-0.05, 0) is 42.1 Å². The van der Waals surface area contributed by atoms with Gasteiger partial charge in [-0.3, -0.25) is 9.78 Å². The van der Waals surface area contributed by atoms with Crippen molar-refractivity contribution in [2.75, 3.05) is 0 Å². The summed E-state index contributed by atoms with van der Waals surface area (Å²) in [5, 5.41) is 6.16. The first-order chi connectivity index (χ1) is 12.7. The average molecular weight is 361 g/mol. The molecule has 1 amide bonds. The van der Waals surface area contributed by atoms with Crippen LogP contribution in [0.5, 0.6) is 0 Å². The van der Waals surface area contributed by atoms with Crippen LogP contribution in [-0.4, -0.2) is 15.5 Å². The van der Waals surface area contributed by atoms with Crippen LogP contribution in [0.3, 0.4) is 0 Å². The number of carbonyl (C=O) groups excluding carboxylic acids is 1. The number of thiophene rings is 1. The maximum absolute atomic E-state index is 12.9. The number of pyridine rings is 1. The third kappa shape index (κ3) is 3.13. The lowest BCUT2D eigenvalue weighted by Gasteiger charge is -2.18. The van der Waals surface area contributed by atoms with Gasteiger partial charge in [0.05, 0.1) is 18.3 Å². The molecule has 3 aromatic heterocycles. The maximum atomic E-state index is 12.9. The Morgan fingerprint density at radius 3 is 2.73 bits per heavy atom. The third-order valence-corrected chi connectivity index (χ3v) is 5.43. The van der Waals surface area contributed by atoms with Gasteiger partial charge >= 0.3 is 0 Å². The van der Waals surface area contributed by atoms with Crippen molar-refractivity contribution in [3.05, 3.63) is 89.2 Å². The average Bonchev–Trinajstić information content (AvgIpc) is 3.28. The number of amides is 1. The number of nitrogens with zero attached hydrogens (tertiary/aromatic N) is 2. The van der Waals surface area contributed by atoms with E-state index in [4.69, 9.17) is 0 Å². The van der Waals surface area contributed by atoms with Crippen molar-refractivity contribution < 1.29 is 4.79 Å². The molecule has 4 nitrogen and oxygen atoms in total. The topological polar surface area (TPSA) is 46.9 Å². The number of carbonyl (C=O) groups is 1. The highest BCUT2D eigenvalue weighted by atomic mass is 32.1. The Morgan fingerprint density at radius 2 is 1.96 bits per heavy atom. The predicted molar refractivity (Wildman–Crippen MR) is 105 cm³/mol. The second-order valence-corrected chi connectivity index (χ2v) is 7.07. The molecule has 0 aliphatic carbocycles. The number of hydrogen-bond donors (Lipinski definition) is 1. The Hall–Kier alpha value is -2.92. The molecule has 0 spiro atoms. The van der Waals surface area contributed by atoms with Crippen molar-refractivity contribution in [2.24, 2.45) is 0 Å². The molecule has 0 radical (unpaired) electrons. The summed E-state index contributed by atoms with van der Waals surface area (Å²) in [6.07, 6.45) is 1.73. The molecule has 0 bridgehead atoms. The van der Waals surface area contributed by atoms with Gasteiger partial charge < -0.3 is 9.88 Å². The largest absolute Gasteiger partial charge is 0.345 e. The molecule has 130 valence electrons. The van der Waals surface area contributed by atoms with E-state index in [1.807, 2.05) is 42.5 Å². The van der Waals surface area contributed by atoms with E-state index < -0.39 is 0 Å². The molecule has 4 aromatic rings. The lowest BCUT2D eigenvalue weighted by Crippen LogP contribution is -2.26. The third-order valence-electron chi connectivity index (χ3n) is 4.50. The number of aromatic nitrogens is 2. The van der Waals surface area contributed by atoms with E-state index in [9.17, 15) is 4.79 Å². The summed E-state index contributed by atoms with van der Waals surface area (Å²) in [4.78, 5) is 18.3. The standard InChI is InChI=1S/C21H19N3OS/c1-15(16-7-3-2-4-8-16)24-19(13-17-10-12-26-21(17)24)20(25)23-14-18-9-5-6-11-22-18/h2-13,15H,14H2,1H3,(H,23,25). The lowest BCUT2D eigenvalue weighted by atomic mass is 10.1. The first-order valence-electron chi connectivity index (χ1n) is 8.55. The highest BCUT2D eigenvalue weighted by molar-refractivity contribution is 7.16. The minimum atomic E-state index is -0.0816. The van der Waals surface area contributed by atoms with E-state index in [0.29, 0.717) is 12.2 Å². The summed E-state index contributed by atoms with van der Waals surface area (Å²) in [6, 6.07) is 20.1. The Kier molecular flexibility index (Phi) is 4.54. The number of benzene rings is 1. The first kappa shape index (κ1) is 16.5. The first-order valence-corrected chi connectivity index (χ1v) is 9.43. The summed E-state index contributed by atoms with van der Waals surface area (Å²) in [5.74, 6) is -0.0816. The zero-order chi connectivity index (χ0) is 17.9. The molecule has 0 fully saturated rings. The summed E-state index contributed by atoms with van der Waals surface area (Å²) < 4.78 is 2.13. The Balaban J connectivity index is 1.66. The van der Waals surface area contributed by atoms with Crippen molar-refractivity contribution in [3.8, 4) is 0 Å². The van der Waals surface area contributed by atoms with Crippen molar-refractivity contribution in [3.63, 3.8) is 0 Å². The van der Waals surface area contributed by atoms with E-state index in [1.165, 1.54) is 5.56 Å². The number of nitrogens with one attached hydrogen (secondary N) is 1. The van der Waals surface area contributed by atoms with Crippen LogP contribution >= 0.6 is 11.3 Å².